The quantitative estimate of drug-likeness (QED) is 0.738. The number of carboxylic acids is 1. The number of carbonyl (C=O) groups is 2. The molecule has 4 N–H and O–H groups in total. The molecule has 0 aromatic heterocycles. The maximum absolute atomic E-state index is 11.7. The molecule has 128 valence electrons. The van der Waals surface area contributed by atoms with Crippen LogP contribution in [0, 0.1) is 0 Å². The summed E-state index contributed by atoms with van der Waals surface area (Å²) in [4.78, 5) is 23.0. The van der Waals surface area contributed by atoms with Crippen LogP contribution < -0.4 is 15.8 Å². The maximum Gasteiger partial charge on any atom is 0.408 e. The Labute approximate surface area is 135 Å². The first-order valence-electron chi connectivity index (χ1n) is 7.24. The van der Waals surface area contributed by atoms with Crippen molar-refractivity contribution in [2.75, 3.05) is 7.11 Å². The van der Waals surface area contributed by atoms with Crippen molar-refractivity contribution < 1.29 is 24.2 Å². The highest BCUT2D eigenvalue weighted by Crippen LogP contribution is 2.20. The Morgan fingerprint density at radius 2 is 1.83 bits per heavy atom. The summed E-state index contributed by atoms with van der Waals surface area (Å²) < 4.78 is 10.1. The van der Waals surface area contributed by atoms with E-state index in [0.29, 0.717) is 5.75 Å². The van der Waals surface area contributed by atoms with Gasteiger partial charge in [0.25, 0.3) is 0 Å². The Hall–Kier alpha value is -2.28. The van der Waals surface area contributed by atoms with Crippen LogP contribution in [0.1, 0.15) is 38.8 Å². The van der Waals surface area contributed by atoms with E-state index >= 15 is 0 Å². The number of nitrogens with one attached hydrogen (secondary N) is 1. The highest BCUT2D eigenvalue weighted by Gasteiger charge is 2.26. The molecule has 0 radical (unpaired) electrons. The summed E-state index contributed by atoms with van der Waals surface area (Å²) in [7, 11) is 1.56. The van der Waals surface area contributed by atoms with Gasteiger partial charge in [-0.2, -0.15) is 0 Å². The largest absolute Gasteiger partial charge is 0.497 e. The molecule has 0 spiro atoms. The van der Waals surface area contributed by atoms with Gasteiger partial charge in [0.15, 0.2) is 0 Å². The minimum atomic E-state index is -1.17. The minimum Gasteiger partial charge on any atom is -0.497 e. The number of aliphatic carboxylic acids is 1. The molecular formula is C16H24N2O5. The minimum absolute atomic E-state index is 0.0426. The summed E-state index contributed by atoms with van der Waals surface area (Å²) in [6.45, 7) is 5.10. The van der Waals surface area contributed by atoms with Crippen LogP contribution in [0.2, 0.25) is 0 Å². The van der Waals surface area contributed by atoms with Crippen LogP contribution in [0.4, 0.5) is 4.79 Å². The van der Waals surface area contributed by atoms with Gasteiger partial charge in [-0.1, -0.05) is 12.1 Å². The number of benzene rings is 1. The fraction of sp³-hybridized carbons (Fsp3) is 0.500. The summed E-state index contributed by atoms with van der Waals surface area (Å²) >= 11 is 0. The summed E-state index contributed by atoms with van der Waals surface area (Å²) in [5.74, 6) is -0.484. The van der Waals surface area contributed by atoms with Gasteiger partial charge in [-0.15, -0.1) is 0 Å². The zero-order chi connectivity index (χ0) is 17.6. The van der Waals surface area contributed by atoms with Crippen molar-refractivity contribution in [3.63, 3.8) is 0 Å². The van der Waals surface area contributed by atoms with E-state index < -0.39 is 29.7 Å². The number of nitrogens with two attached hydrogens (primary N) is 1. The summed E-state index contributed by atoms with van der Waals surface area (Å²) in [5.41, 5.74) is 6.08. The smallest absolute Gasteiger partial charge is 0.408 e. The fourth-order valence-electron chi connectivity index (χ4n) is 1.91. The zero-order valence-electron chi connectivity index (χ0n) is 13.8. The van der Waals surface area contributed by atoms with Crippen molar-refractivity contribution in [1.82, 2.24) is 5.32 Å². The van der Waals surface area contributed by atoms with Crippen LogP contribution in [-0.4, -0.2) is 35.9 Å². The molecular weight excluding hydrogens is 300 g/mol. The molecule has 0 heterocycles. The number of methoxy groups -OCH3 is 1. The Morgan fingerprint density at radius 3 is 2.26 bits per heavy atom. The molecule has 1 amide bonds. The molecule has 7 heteroatoms. The lowest BCUT2D eigenvalue weighted by molar-refractivity contribution is -0.139. The number of hydrogen-bond donors (Lipinski definition) is 3. The third-order valence-electron chi connectivity index (χ3n) is 3.02. The molecule has 1 aromatic rings. The molecule has 7 nitrogen and oxygen atoms in total. The second-order valence-electron chi connectivity index (χ2n) is 6.15. The van der Waals surface area contributed by atoms with Gasteiger partial charge in [-0.25, -0.2) is 9.59 Å². The van der Waals surface area contributed by atoms with Crippen LogP contribution in [0.5, 0.6) is 5.75 Å². The average Bonchev–Trinajstić information content (AvgIpc) is 2.44. The van der Waals surface area contributed by atoms with E-state index in [4.69, 9.17) is 15.2 Å². The normalized spacial score (nSPS) is 13.8. The molecule has 23 heavy (non-hydrogen) atoms. The highest BCUT2D eigenvalue weighted by atomic mass is 16.6. The number of carbonyl (C=O) groups excluding carboxylic acids is 1. The average molecular weight is 324 g/mol. The molecule has 1 aromatic carbocycles. The lowest BCUT2D eigenvalue weighted by Crippen LogP contribution is -2.44. The molecule has 0 aliphatic rings. The van der Waals surface area contributed by atoms with Gasteiger partial charge >= 0.3 is 12.1 Å². The standard InChI is InChI=1S/C16H24N2O5/c1-16(2,3)23-15(21)18-13(14(19)20)9-12(17)10-5-7-11(22-4)8-6-10/h5-8,12-13H,9,17H2,1-4H3,(H,18,21)(H,19,20)/t12-,13-/m0/s1. The molecule has 0 aliphatic heterocycles. The molecule has 0 saturated carbocycles. The first-order valence-corrected chi connectivity index (χ1v) is 7.24. The van der Waals surface area contributed by atoms with Crippen LogP contribution >= 0.6 is 0 Å². The number of amides is 1. The number of alkyl carbamates (subject to hydrolysis) is 1. The van der Waals surface area contributed by atoms with Gasteiger partial charge in [0.05, 0.1) is 7.11 Å². The molecule has 2 atom stereocenters. The van der Waals surface area contributed by atoms with Crippen molar-refractivity contribution in [3.05, 3.63) is 29.8 Å². The van der Waals surface area contributed by atoms with Crippen molar-refractivity contribution >= 4 is 12.1 Å². The highest BCUT2D eigenvalue weighted by molar-refractivity contribution is 5.80. The van der Waals surface area contributed by atoms with Crippen molar-refractivity contribution in [3.8, 4) is 5.75 Å². The number of rotatable bonds is 6. The second kappa shape index (κ2) is 7.82. The van der Waals surface area contributed by atoms with E-state index in [1.54, 1.807) is 52.1 Å². The summed E-state index contributed by atoms with van der Waals surface area (Å²) in [6.07, 6.45) is -0.743. The Bertz CT molecular complexity index is 536. The van der Waals surface area contributed by atoms with E-state index in [1.807, 2.05) is 0 Å². The van der Waals surface area contributed by atoms with Crippen LogP contribution in [0.25, 0.3) is 0 Å². The van der Waals surface area contributed by atoms with Gasteiger partial charge in [0.2, 0.25) is 0 Å². The first kappa shape index (κ1) is 18.8. The molecule has 0 saturated heterocycles. The van der Waals surface area contributed by atoms with E-state index in [1.165, 1.54) is 0 Å². The van der Waals surface area contributed by atoms with E-state index in [9.17, 15) is 14.7 Å². The molecule has 0 aliphatic carbocycles. The predicted molar refractivity (Wildman–Crippen MR) is 85.3 cm³/mol. The van der Waals surface area contributed by atoms with Gasteiger partial charge in [0.1, 0.15) is 17.4 Å². The van der Waals surface area contributed by atoms with Crippen molar-refractivity contribution in [1.29, 1.82) is 0 Å². The Morgan fingerprint density at radius 1 is 1.26 bits per heavy atom. The SMILES string of the molecule is COc1ccc([C@@H](N)C[C@H](NC(=O)OC(C)(C)C)C(=O)O)cc1. The Kier molecular flexibility index (Phi) is 6.38. The molecule has 0 unspecified atom stereocenters. The summed E-state index contributed by atoms with van der Waals surface area (Å²) in [6, 6.07) is 5.32. The van der Waals surface area contributed by atoms with Crippen molar-refractivity contribution in [2.24, 2.45) is 5.73 Å². The van der Waals surface area contributed by atoms with Crippen molar-refractivity contribution in [2.45, 2.75) is 44.9 Å². The Balaban J connectivity index is 2.71. The third-order valence-corrected chi connectivity index (χ3v) is 3.02. The third kappa shape index (κ3) is 6.56. The van der Waals surface area contributed by atoms with Gasteiger partial charge < -0.3 is 25.6 Å². The van der Waals surface area contributed by atoms with Crippen LogP contribution in [0.15, 0.2) is 24.3 Å². The van der Waals surface area contributed by atoms with Crippen LogP contribution in [-0.2, 0) is 9.53 Å². The maximum atomic E-state index is 11.7. The lowest BCUT2D eigenvalue weighted by atomic mass is 10.00. The van der Waals surface area contributed by atoms with E-state index in [0.717, 1.165) is 5.56 Å². The first-order chi connectivity index (χ1) is 10.6. The van der Waals surface area contributed by atoms with E-state index in [-0.39, 0.29) is 6.42 Å². The van der Waals surface area contributed by atoms with Gasteiger partial charge in [-0.05, 0) is 44.9 Å². The molecule has 1 rings (SSSR count). The topological polar surface area (TPSA) is 111 Å². The monoisotopic (exact) mass is 324 g/mol. The predicted octanol–water partition coefficient (Wildman–Crippen LogP) is 2.06. The number of ether oxygens (including phenoxy) is 2. The lowest BCUT2D eigenvalue weighted by Gasteiger charge is -2.23. The molecule has 0 fully saturated rings. The number of hydrogen-bond acceptors (Lipinski definition) is 5. The zero-order valence-corrected chi connectivity index (χ0v) is 13.8. The fourth-order valence-corrected chi connectivity index (χ4v) is 1.91. The summed E-state index contributed by atoms with van der Waals surface area (Å²) in [5, 5.41) is 11.6. The van der Waals surface area contributed by atoms with Crippen LogP contribution in [0.3, 0.4) is 0 Å². The van der Waals surface area contributed by atoms with E-state index in [2.05, 4.69) is 5.32 Å². The van der Waals surface area contributed by atoms with Gasteiger partial charge in [0, 0.05) is 6.04 Å². The van der Waals surface area contributed by atoms with Gasteiger partial charge in [-0.3, -0.25) is 0 Å². The molecule has 0 bridgehead atoms. The number of carboxylic acid groups (broad SMARTS) is 1. The second-order valence-corrected chi connectivity index (χ2v) is 6.15.